The molecule has 0 saturated heterocycles. The largest absolute Gasteiger partial charge is 0.507 e. The Morgan fingerprint density at radius 1 is 1.35 bits per heavy atom. The number of phenols is 1. The van der Waals surface area contributed by atoms with E-state index < -0.39 is 0 Å². The fourth-order valence-corrected chi connectivity index (χ4v) is 1.84. The second-order valence-corrected chi connectivity index (χ2v) is 4.51. The summed E-state index contributed by atoms with van der Waals surface area (Å²) < 4.78 is 10.5. The standard InChI is InChI=1S/C13H19NO3/c1-4-9(2)14(3)7-10-5-12-13(6-11(10)15)17-8-16-12/h5-6,9,15H,4,7-8H2,1-3H3. The summed E-state index contributed by atoms with van der Waals surface area (Å²) >= 11 is 0. The van der Waals surface area contributed by atoms with Crippen molar-refractivity contribution < 1.29 is 14.6 Å². The molecule has 1 atom stereocenters. The summed E-state index contributed by atoms with van der Waals surface area (Å²) in [6.45, 7) is 5.27. The zero-order valence-electron chi connectivity index (χ0n) is 10.6. The van der Waals surface area contributed by atoms with Gasteiger partial charge in [0.25, 0.3) is 0 Å². The number of hydrogen-bond donors (Lipinski definition) is 1. The van der Waals surface area contributed by atoms with Crippen molar-refractivity contribution in [3.05, 3.63) is 17.7 Å². The maximum absolute atomic E-state index is 9.92. The molecule has 94 valence electrons. The third-order valence-corrected chi connectivity index (χ3v) is 3.34. The fraction of sp³-hybridized carbons (Fsp3) is 0.538. The lowest BCUT2D eigenvalue weighted by Crippen LogP contribution is -2.27. The van der Waals surface area contributed by atoms with E-state index in [-0.39, 0.29) is 12.5 Å². The molecule has 0 aliphatic carbocycles. The quantitative estimate of drug-likeness (QED) is 0.872. The van der Waals surface area contributed by atoms with Crippen molar-refractivity contribution in [3.63, 3.8) is 0 Å². The Hall–Kier alpha value is -1.42. The molecule has 1 aliphatic heterocycles. The van der Waals surface area contributed by atoms with Crippen molar-refractivity contribution in [1.29, 1.82) is 0 Å². The summed E-state index contributed by atoms with van der Waals surface area (Å²) in [4.78, 5) is 2.21. The first-order valence-corrected chi connectivity index (χ1v) is 5.93. The average molecular weight is 237 g/mol. The van der Waals surface area contributed by atoms with E-state index in [1.54, 1.807) is 6.07 Å². The molecule has 1 aromatic rings. The first kappa shape index (κ1) is 12.0. The van der Waals surface area contributed by atoms with Crippen LogP contribution < -0.4 is 9.47 Å². The van der Waals surface area contributed by atoms with Crippen molar-refractivity contribution in [1.82, 2.24) is 4.90 Å². The second-order valence-electron chi connectivity index (χ2n) is 4.51. The first-order chi connectivity index (χ1) is 8.11. The maximum Gasteiger partial charge on any atom is 0.231 e. The lowest BCUT2D eigenvalue weighted by Gasteiger charge is -2.23. The molecule has 0 saturated carbocycles. The van der Waals surface area contributed by atoms with Crippen LogP contribution in [0.15, 0.2) is 12.1 Å². The third-order valence-electron chi connectivity index (χ3n) is 3.34. The minimum Gasteiger partial charge on any atom is -0.507 e. The predicted octanol–water partition coefficient (Wildman–Crippen LogP) is 2.35. The Labute approximate surface area is 102 Å². The number of fused-ring (bicyclic) bond motifs is 1. The predicted molar refractivity (Wildman–Crippen MR) is 65.4 cm³/mol. The molecule has 2 rings (SSSR count). The van der Waals surface area contributed by atoms with Crippen LogP contribution >= 0.6 is 0 Å². The molecule has 4 heteroatoms. The van der Waals surface area contributed by atoms with E-state index in [1.165, 1.54) is 0 Å². The number of rotatable bonds is 4. The highest BCUT2D eigenvalue weighted by molar-refractivity contribution is 5.51. The summed E-state index contributed by atoms with van der Waals surface area (Å²) in [6.07, 6.45) is 1.09. The van der Waals surface area contributed by atoms with Gasteiger partial charge < -0.3 is 14.6 Å². The Morgan fingerprint density at radius 2 is 2.00 bits per heavy atom. The van der Waals surface area contributed by atoms with E-state index >= 15 is 0 Å². The van der Waals surface area contributed by atoms with E-state index in [0.717, 1.165) is 17.7 Å². The highest BCUT2D eigenvalue weighted by Gasteiger charge is 2.18. The molecule has 0 spiro atoms. The highest BCUT2D eigenvalue weighted by atomic mass is 16.7. The minimum absolute atomic E-state index is 0.236. The summed E-state index contributed by atoms with van der Waals surface area (Å²) in [6, 6.07) is 3.97. The fourth-order valence-electron chi connectivity index (χ4n) is 1.84. The lowest BCUT2D eigenvalue weighted by atomic mass is 10.1. The Bertz CT molecular complexity index is 406. The normalized spacial score (nSPS) is 15.3. The monoisotopic (exact) mass is 237 g/mol. The van der Waals surface area contributed by atoms with Crippen molar-refractivity contribution in [2.75, 3.05) is 13.8 Å². The van der Waals surface area contributed by atoms with Crippen LogP contribution in [0.5, 0.6) is 17.2 Å². The average Bonchev–Trinajstić information content (AvgIpc) is 2.75. The van der Waals surface area contributed by atoms with Crippen LogP contribution in [0, 0.1) is 0 Å². The van der Waals surface area contributed by atoms with Gasteiger partial charge in [-0.1, -0.05) is 6.92 Å². The van der Waals surface area contributed by atoms with Crippen LogP contribution in [0.25, 0.3) is 0 Å². The molecular formula is C13H19NO3. The van der Waals surface area contributed by atoms with E-state index in [9.17, 15) is 5.11 Å². The van der Waals surface area contributed by atoms with Gasteiger partial charge in [-0.3, -0.25) is 4.90 Å². The molecule has 0 radical (unpaired) electrons. The van der Waals surface area contributed by atoms with Crippen molar-refractivity contribution in [3.8, 4) is 17.2 Å². The molecule has 0 amide bonds. The van der Waals surface area contributed by atoms with Gasteiger partial charge in [0.1, 0.15) is 5.75 Å². The second kappa shape index (κ2) is 4.84. The van der Waals surface area contributed by atoms with Gasteiger partial charge in [0, 0.05) is 24.2 Å². The summed E-state index contributed by atoms with van der Waals surface area (Å²) in [5.41, 5.74) is 0.872. The van der Waals surface area contributed by atoms with Gasteiger partial charge in [-0.15, -0.1) is 0 Å². The third kappa shape index (κ3) is 2.47. The van der Waals surface area contributed by atoms with E-state index in [0.29, 0.717) is 18.3 Å². The molecule has 1 N–H and O–H groups in total. The minimum atomic E-state index is 0.236. The molecule has 4 nitrogen and oxygen atoms in total. The van der Waals surface area contributed by atoms with Gasteiger partial charge >= 0.3 is 0 Å². The first-order valence-electron chi connectivity index (χ1n) is 5.93. The highest BCUT2D eigenvalue weighted by Crippen LogP contribution is 2.38. The van der Waals surface area contributed by atoms with Gasteiger partial charge in [0.05, 0.1) is 0 Å². The van der Waals surface area contributed by atoms with Crippen molar-refractivity contribution in [2.24, 2.45) is 0 Å². The molecule has 0 bridgehead atoms. The number of phenolic OH excluding ortho intramolecular Hbond substituents is 1. The molecule has 17 heavy (non-hydrogen) atoms. The van der Waals surface area contributed by atoms with Gasteiger partial charge in [0.2, 0.25) is 6.79 Å². The number of hydrogen-bond acceptors (Lipinski definition) is 4. The number of benzene rings is 1. The summed E-state index contributed by atoms with van der Waals surface area (Å²) in [5, 5.41) is 9.92. The van der Waals surface area contributed by atoms with Crippen LogP contribution in [-0.2, 0) is 6.54 Å². The van der Waals surface area contributed by atoms with Crippen LogP contribution in [-0.4, -0.2) is 29.9 Å². The maximum atomic E-state index is 9.92. The summed E-state index contributed by atoms with van der Waals surface area (Å²) in [7, 11) is 2.05. The smallest absolute Gasteiger partial charge is 0.231 e. The van der Waals surface area contributed by atoms with Crippen LogP contribution in [0.1, 0.15) is 25.8 Å². The van der Waals surface area contributed by atoms with Gasteiger partial charge in [-0.2, -0.15) is 0 Å². The zero-order valence-corrected chi connectivity index (χ0v) is 10.6. The van der Waals surface area contributed by atoms with Crippen LogP contribution in [0.3, 0.4) is 0 Å². The lowest BCUT2D eigenvalue weighted by molar-refractivity contribution is 0.173. The van der Waals surface area contributed by atoms with Gasteiger partial charge in [-0.25, -0.2) is 0 Å². The van der Waals surface area contributed by atoms with E-state index in [1.807, 2.05) is 6.07 Å². The van der Waals surface area contributed by atoms with Crippen molar-refractivity contribution >= 4 is 0 Å². The molecule has 0 aromatic heterocycles. The number of ether oxygens (including phenoxy) is 2. The summed E-state index contributed by atoms with van der Waals surface area (Å²) in [5.74, 6) is 1.61. The van der Waals surface area contributed by atoms with E-state index in [4.69, 9.17) is 9.47 Å². The molecule has 0 fully saturated rings. The Kier molecular flexibility index (Phi) is 3.43. The molecule has 1 unspecified atom stereocenters. The number of aromatic hydroxyl groups is 1. The Morgan fingerprint density at radius 3 is 2.65 bits per heavy atom. The van der Waals surface area contributed by atoms with Gasteiger partial charge in [-0.05, 0) is 26.5 Å². The SMILES string of the molecule is CCC(C)N(C)Cc1cc2c(cc1O)OCO2. The van der Waals surface area contributed by atoms with Crippen LogP contribution in [0.2, 0.25) is 0 Å². The van der Waals surface area contributed by atoms with Crippen molar-refractivity contribution in [2.45, 2.75) is 32.9 Å². The van der Waals surface area contributed by atoms with E-state index in [2.05, 4.69) is 25.8 Å². The molecule has 1 heterocycles. The topological polar surface area (TPSA) is 41.9 Å². The zero-order chi connectivity index (χ0) is 12.4. The Balaban J connectivity index is 2.16. The molecule has 1 aromatic carbocycles. The van der Waals surface area contributed by atoms with Gasteiger partial charge in [0.15, 0.2) is 11.5 Å². The molecule has 1 aliphatic rings. The molecular weight excluding hydrogens is 218 g/mol. The van der Waals surface area contributed by atoms with Crippen LogP contribution in [0.4, 0.5) is 0 Å². The number of nitrogens with zero attached hydrogens (tertiary/aromatic N) is 1.